The van der Waals surface area contributed by atoms with Gasteiger partial charge in [-0.05, 0) is 24.3 Å². The molecule has 0 radical (unpaired) electrons. The van der Waals surface area contributed by atoms with E-state index in [1.54, 1.807) is 60.7 Å². The molecule has 29 heavy (non-hydrogen) atoms. The van der Waals surface area contributed by atoms with Gasteiger partial charge in [0.05, 0.1) is 5.69 Å². The van der Waals surface area contributed by atoms with Gasteiger partial charge < -0.3 is 5.11 Å². The molecule has 0 aliphatic rings. The van der Waals surface area contributed by atoms with E-state index in [2.05, 4.69) is 20.9 Å². The van der Waals surface area contributed by atoms with Gasteiger partial charge in [0.2, 0.25) is 11.7 Å². The molecule has 5 nitrogen and oxygen atoms in total. The van der Waals surface area contributed by atoms with Crippen LogP contribution in [0.1, 0.15) is 15.9 Å². The summed E-state index contributed by atoms with van der Waals surface area (Å²) in [5.74, 6) is -0.943. The zero-order valence-corrected chi connectivity index (χ0v) is 16.7. The summed E-state index contributed by atoms with van der Waals surface area (Å²) in [6, 6.07) is 24.7. The highest BCUT2D eigenvalue weighted by Gasteiger charge is 2.25. The summed E-state index contributed by atoms with van der Waals surface area (Å²) >= 11 is 3.33. The van der Waals surface area contributed by atoms with Crippen LogP contribution >= 0.6 is 15.9 Å². The van der Waals surface area contributed by atoms with E-state index >= 15 is 0 Å². The summed E-state index contributed by atoms with van der Waals surface area (Å²) in [7, 11) is 0. The van der Waals surface area contributed by atoms with Gasteiger partial charge in [-0.3, -0.25) is 14.2 Å². The van der Waals surface area contributed by atoms with Crippen LogP contribution in [-0.4, -0.2) is 20.4 Å². The Morgan fingerprint density at radius 1 is 0.862 bits per heavy atom. The highest BCUT2D eigenvalue weighted by Crippen LogP contribution is 2.26. The van der Waals surface area contributed by atoms with Crippen molar-refractivity contribution >= 4 is 21.7 Å². The summed E-state index contributed by atoms with van der Waals surface area (Å²) in [5.41, 5.74) is 0.450. The van der Waals surface area contributed by atoms with Crippen molar-refractivity contribution in [1.82, 2.24) is 9.55 Å². The highest BCUT2D eigenvalue weighted by molar-refractivity contribution is 9.10. The maximum Gasteiger partial charge on any atom is 0.273 e. The van der Waals surface area contributed by atoms with E-state index in [9.17, 15) is 14.7 Å². The number of para-hydroxylation sites is 1. The molecule has 0 amide bonds. The third kappa shape index (κ3) is 3.50. The normalized spacial score (nSPS) is 10.7. The SMILES string of the molecule is O=C(c1ccccc1Br)c1c(O)nc(-c2ccccc2)n(-c2ccccc2)c1=O. The molecule has 0 fully saturated rings. The first-order chi connectivity index (χ1) is 14.1. The maximum absolute atomic E-state index is 13.4. The van der Waals surface area contributed by atoms with Gasteiger partial charge in [0.15, 0.2) is 11.4 Å². The molecular weight excluding hydrogens is 432 g/mol. The zero-order valence-electron chi connectivity index (χ0n) is 15.1. The molecule has 0 atom stereocenters. The molecule has 3 aromatic carbocycles. The van der Waals surface area contributed by atoms with Crippen molar-refractivity contribution in [1.29, 1.82) is 0 Å². The Kier molecular flexibility index (Phi) is 5.10. The number of halogens is 1. The molecule has 4 rings (SSSR count). The lowest BCUT2D eigenvalue weighted by Crippen LogP contribution is -2.28. The van der Waals surface area contributed by atoms with Crippen molar-refractivity contribution in [3.05, 3.63) is 111 Å². The summed E-state index contributed by atoms with van der Waals surface area (Å²) in [4.78, 5) is 30.8. The van der Waals surface area contributed by atoms with Crippen LogP contribution in [0.5, 0.6) is 5.88 Å². The number of benzene rings is 3. The van der Waals surface area contributed by atoms with Gasteiger partial charge in [-0.2, -0.15) is 4.98 Å². The van der Waals surface area contributed by atoms with Gasteiger partial charge >= 0.3 is 0 Å². The third-order valence-corrected chi connectivity index (χ3v) is 5.15. The molecule has 6 heteroatoms. The van der Waals surface area contributed by atoms with Crippen LogP contribution in [0.4, 0.5) is 0 Å². The van der Waals surface area contributed by atoms with Crippen LogP contribution in [0, 0.1) is 0 Å². The molecule has 0 aliphatic heterocycles. The Morgan fingerprint density at radius 3 is 2.10 bits per heavy atom. The van der Waals surface area contributed by atoms with E-state index in [0.717, 1.165) is 0 Å². The first-order valence-corrected chi connectivity index (χ1v) is 9.63. The fraction of sp³-hybridized carbons (Fsp3) is 0. The van der Waals surface area contributed by atoms with Gasteiger partial charge in [-0.1, -0.05) is 76.6 Å². The predicted octanol–water partition coefficient (Wildman–Crippen LogP) is 4.60. The van der Waals surface area contributed by atoms with Crippen molar-refractivity contribution in [2.75, 3.05) is 0 Å². The monoisotopic (exact) mass is 446 g/mol. The van der Waals surface area contributed by atoms with E-state index in [1.807, 2.05) is 24.3 Å². The van der Waals surface area contributed by atoms with Crippen molar-refractivity contribution in [3.8, 4) is 23.0 Å². The molecule has 0 unspecified atom stereocenters. The lowest BCUT2D eigenvalue weighted by atomic mass is 10.0. The molecule has 1 N–H and O–H groups in total. The second-order valence-corrected chi connectivity index (χ2v) is 7.14. The molecule has 4 aromatic rings. The van der Waals surface area contributed by atoms with Gasteiger partial charge in [-0.15, -0.1) is 0 Å². The zero-order chi connectivity index (χ0) is 20.4. The van der Waals surface area contributed by atoms with Crippen LogP contribution in [0.25, 0.3) is 17.1 Å². The molecule has 1 aromatic heterocycles. The first kappa shape index (κ1) is 18.8. The van der Waals surface area contributed by atoms with Crippen LogP contribution in [0.3, 0.4) is 0 Å². The number of aromatic nitrogens is 2. The van der Waals surface area contributed by atoms with Crippen molar-refractivity contribution in [2.45, 2.75) is 0 Å². The Labute approximate surface area is 175 Å². The minimum atomic E-state index is -0.636. The number of carbonyl (C=O) groups excluding carboxylic acids is 1. The largest absolute Gasteiger partial charge is 0.493 e. The number of ketones is 1. The molecule has 0 spiro atoms. The number of rotatable bonds is 4. The molecule has 142 valence electrons. The van der Waals surface area contributed by atoms with E-state index in [4.69, 9.17) is 0 Å². The molecule has 0 saturated carbocycles. The topological polar surface area (TPSA) is 72.2 Å². The Bertz CT molecular complexity index is 1250. The van der Waals surface area contributed by atoms with Crippen LogP contribution in [-0.2, 0) is 0 Å². The van der Waals surface area contributed by atoms with Gasteiger partial charge in [-0.25, -0.2) is 0 Å². The second-order valence-electron chi connectivity index (χ2n) is 6.29. The van der Waals surface area contributed by atoms with E-state index in [-0.39, 0.29) is 17.0 Å². The second kappa shape index (κ2) is 7.85. The molecule has 1 heterocycles. The molecule has 0 saturated heterocycles. The minimum Gasteiger partial charge on any atom is -0.493 e. The van der Waals surface area contributed by atoms with Crippen LogP contribution in [0.15, 0.2) is 94.2 Å². The smallest absolute Gasteiger partial charge is 0.273 e. The van der Waals surface area contributed by atoms with Crippen molar-refractivity contribution in [3.63, 3.8) is 0 Å². The number of hydrogen-bond donors (Lipinski definition) is 1. The lowest BCUT2D eigenvalue weighted by molar-refractivity contribution is 0.103. The van der Waals surface area contributed by atoms with Gasteiger partial charge in [0.1, 0.15) is 0 Å². The minimum absolute atomic E-state index is 0.253. The summed E-state index contributed by atoms with van der Waals surface area (Å²) in [6.07, 6.45) is 0. The number of carbonyl (C=O) groups is 1. The van der Waals surface area contributed by atoms with Crippen molar-refractivity contribution < 1.29 is 9.90 Å². The average molecular weight is 447 g/mol. The summed E-state index contributed by atoms with van der Waals surface area (Å²) in [5, 5.41) is 10.6. The quantitative estimate of drug-likeness (QED) is 0.465. The Morgan fingerprint density at radius 2 is 1.45 bits per heavy atom. The number of nitrogens with zero attached hydrogens (tertiary/aromatic N) is 2. The molecular formula is C23H15BrN2O3. The van der Waals surface area contributed by atoms with Crippen LogP contribution < -0.4 is 5.56 Å². The lowest BCUT2D eigenvalue weighted by Gasteiger charge is -2.15. The summed E-state index contributed by atoms with van der Waals surface area (Å²) in [6.45, 7) is 0. The van der Waals surface area contributed by atoms with Crippen LogP contribution in [0.2, 0.25) is 0 Å². The fourth-order valence-electron chi connectivity index (χ4n) is 3.09. The Hall–Kier alpha value is -3.51. The average Bonchev–Trinajstić information content (AvgIpc) is 2.75. The van der Waals surface area contributed by atoms with Gasteiger partial charge in [0, 0.05) is 15.6 Å². The highest BCUT2D eigenvalue weighted by atomic mass is 79.9. The van der Waals surface area contributed by atoms with E-state index < -0.39 is 17.2 Å². The Balaban J connectivity index is 2.02. The number of aromatic hydroxyl groups is 1. The third-order valence-electron chi connectivity index (χ3n) is 4.46. The standard InChI is InChI=1S/C23H15BrN2O3/c24-18-14-8-7-13-17(18)20(27)19-22(28)25-21(15-9-3-1-4-10-15)26(23(19)29)16-11-5-2-6-12-16/h1-14,28H. The first-order valence-electron chi connectivity index (χ1n) is 8.84. The van der Waals surface area contributed by atoms with E-state index in [1.165, 1.54) is 4.57 Å². The molecule has 0 aliphatic carbocycles. The number of hydrogen-bond acceptors (Lipinski definition) is 4. The van der Waals surface area contributed by atoms with Gasteiger partial charge in [0.25, 0.3) is 5.56 Å². The maximum atomic E-state index is 13.4. The summed E-state index contributed by atoms with van der Waals surface area (Å²) < 4.78 is 1.88. The predicted molar refractivity (Wildman–Crippen MR) is 115 cm³/mol. The fourth-order valence-corrected chi connectivity index (χ4v) is 3.55. The van der Waals surface area contributed by atoms with E-state index in [0.29, 0.717) is 15.7 Å². The molecule has 0 bridgehead atoms. The van der Waals surface area contributed by atoms with Crippen molar-refractivity contribution in [2.24, 2.45) is 0 Å².